The van der Waals surface area contributed by atoms with Gasteiger partial charge in [0.2, 0.25) is 0 Å². The van der Waals surface area contributed by atoms with Crippen molar-refractivity contribution in [3.63, 3.8) is 0 Å². The lowest BCUT2D eigenvalue weighted by molar-refractivity contribution is -0.0627. The average Bonchev–Trinajstić information content (AvgIpc) is 2.93. The summed E-state index contributed by atoms with van der Waals surface area (Å²) in [4.78, 5) is 0. The summed E-state index contributed by atoms with van der Waals surface area (Å²) in [5.74, 6) is -0.163. The maximum atomic E-state index is 13.8. The Morgan fingerprint density at radius 3 is 2.62 bits per heavy atom. The minimum absolute atomic E-state index is 0.0793. The Bertz CT molecular complexity index is 455. The number of hydrogen-bond acceptors (Lipinski definition) is 2. The van der Waals surface area contributed by atoms with E-state index >= 15 is 0 Å². The van der Waals surface area contributed by atoms with Gasteiger partial charge in [-0.05, 0) is 62.9 Å². The van der Waals surface area contributed by atoms with Gasteiger partial charge < -0.3 is 10.1 Å². The molecule has 0 heterocycles. The van der Waals surface area contributed by atoms with Crippen LogP contribution in [-0.2, 0) is 4.74 Å². The van der Waals surface area contributed by atoms with E-state index < -0.39 is 0 Å². The van der Waals surface area contributed by atoms with Crippen molar-refractivity contribution in [2.24, 2.45) is 0 Å². The highest BCUT2D eigenvalue weighted by Gasteiger charge is 2.43. The van der Waals surface area contributed by atoms with Crippen LogP contribution in [-0.4, -0.2) is 18.8 Å². The van der Waals surface area contributed by atoms with Gasteiger partial charge in [-0.1, -0.05) is 25.8 Å². The summed E-state index contributed by atoms with van der Waals surface area (Å²) >= 11 is 0. The van der Waals surface area contributed by atoms with Crippen molar-refractivity contribution in [3.05, 3.63) is 35.1 Å². The highest BCUT2D eigenvalue weighted by atomic mass is 19.1. The van der Waals surface area contributed by atoms with Crippen LogP contribution in [0.3, 0.4) is 0 Å². The number of rotatable bonds is 7. The molecule has 0 amide bonds. The van der Waals surface area contributed by atoms with Crippen molar-refractivity contribution in [2.45, 2.75) is 64.5 Å². The molecule has 21 heavy (non-hydrogen) atoms. The quantitative estimate of drug-likeness (QED) is 0.798. The maximum Gasteiger partial charge on any atom is 0.123 e. The molecule has 1 atom stereocenters. The van der Waals surface area contributed by atoms with E-state index in [-0.39, 0.29) is 17.5 Å². The van der Waals surface area contributed by atoms with Crippen molar-refractivity contribution in [3.8, 4) is 0 Å². The third-order valence-electron chi connectivity index (χ3n) is 4.56. The highest BCUT2D eigenvalue weighted by molar-refractivity contribution is 5.32. The molecule has 2 nitrogen and oxygen atoms in total. The number of hydrogen-bond donors (Lipinski definition) is 1. The first kappa shape index (κ1) is 16.4. The van der Waals surface area contributed by atoms with Crippen molar-refractivity contribution >= 4 is 0 Å². The molecule has 0 aromatic heterocycles. The molecule has 1 saturated carbocycles. The van der Waals surface area contributed by atoms with Crippen LogP contribution in [0.25, 0.3) is 0 Å². The zero-order chi connectivity index (χ0) is 15.3. The summed E-state index contributed by atoms with van der Waals surface area (Å²) in [5, 5.41) is 3.63. The Hall–Kier alpha value is -0.930. The number of ether oxygens (including phenoxy) is 1. The first-order valence-electron chi connectivity index (χ1n) is 8.26. The van der Waals surface area contributed by atoms with E-state index in [9.17, 15) is 4.39 Å². The molecule has 0 radical (unpaired) electrons. The van der Waals surface area contributed by atoms with Crippen LogP contribution in [0.5, 0.6) is 0 Å². The van der Waals surface area contributed by atoms with Crippen LogP contribution in [0.2, 0.25) is 0 Å². The van der Waals surface area contributed by atoms with E-state index in [1.165, 1.54) is 18.9 Å². The fourth-order valence-electron chi connectivity index (χ4n) is 3.57. The third kappa shape index (κ3) is 3.64. The molecule has 0 bridgehead atoms. The lowest BCUT2D eigenvalue weighted by Gasteiger charge is -2.39. The summed E-state index contributed by atoms with van der Waals surface area (Å²) in [6.45, 7) is 7.90. The van der Waals surface area contributed by atoms with E-state index in [1.54, 1.807) is 6.07 Å². The van der Waals surface area contributed by atoms with Crippen LogP contribution >= 0.6 is 0 Å². The van der Waals surface area contributed by atoms with Crippen molar-refractivity contribution in [2.75, 3.05) is 13.2 Å². The molecule has 1 fully saturated rings. The first-order chi connectivity index (χ1) is 10.1. The molecule has 2 rings (SSSR count). The SMILES string of the molecule is CCCNC(c1cc(F)ccc1C)C1(OCC)CCCC1. The maximum absolute atomic E-state index is 13.8. The third-order valence-corrected chi connectivity index (χ3v) is 4.56. The summed E-state index contributed by atoms with van der Waals surface area (Å²) in [6.07, 6.45) is 5.56. The molecule has 1 aromatic rings. The molecule has 1 unspecified atom stereocenters. The molecule has 118 valence electrons. The molecular weight excluding hydrogens is 265 g/mol. The standard InChI is InChI=1S/C18H28FNO/c1-4-12-20-17(16-13-15(19)9-8-14(16)3)18(21-5-2)10-6-7-11-18/h8-9,13,17,20H,4-7,10-12H2,1-3H3. The van der Waals surface area contributed by atoms with E-state index in [0.717, 1.165) is 36.9 Å². The van der Waals surface area contributed by atoms with Gasteiger partial charge in [-0.15, -0.1) is 0 Å². The van der Waals surface area contributed by atoms with Crippen molar-refractivity contribution in [1.82, 2.24) is 5.32 Å². The van der Waals surface area contributed by atoms with Crippen LogP contribution in [0.4, 0.5) is 4.39 Å². The van der Waals surface area contributed by atoms with Crippen LogP contribution in [0, 0.1) is 12.7 Å². The van der Waals surface area contributed by atoms with E-state index in [0.29, 0.717) is 6.61 Å². The van der Waals surface area contributed by atoms with Gasteiger partial charge in [0.1, 0.15) is 5.82 Å². The Morgan fingerprint density at radius 1 is 1.29 bits per heavy atom. The summed E-state index contributed by atoms with van der Waals surface area (Å²) in [6, 6.07) is 5.18. The molecule has 1 N–H and O–H groups in total. The second-order valence-corrected chi connectivity index (χ2v) is 6.09. The molecule has 0 aliphatic heterocycles. The van der Waals surface area contributed by atoms with E-state index in [4.69, 9.17) is 4.74 Å². The monoisotopic (exact) mass is 293 g/mol. The topological polar surface area (TPSA) is 21.3 Å². The molecular formula is C18H28FNO. The number of aryl methyl sites for hydroxylation is 1. The van der Waals surface area contributed by atoms with Gasteiger partial charge in [-0.3, -0.25) is 0 Å². The van der Waals surface area contributed by atoms with E-state index in [1.807, 2.05) is 6.07 Å². The lowest BCUT2D eigenvalue weighted by atomic mass is 9.84. The summed E-state index contributed by atoms with van der Waals surface area (Å²) in [5.41, 5.74) is 2.01. The lowest BCUT2D eigenvalue weighted by Crippen LogP contribution is -2.45. The fourth-order valence-corrected chi connectivity index (χ4v) is 3.57. The molecule has 1 aliphatic carbocycles. The number of nitrogens with one attached hydrogen (secondary N) is 1. The molecule has 3 heteroatoms. The predicted octanol–water partition coefficient (Wildman–Crippen LogP) is 4.52. The van der Waals surface area contributed by atoms with Gasteiger partial charge in [0, 0.05) is 6.61 Å². The second kappa shape index (κ2) is 7.37. The van der Waals surface area contributed by atoms with E-state index in [2.05, 4.69) is 26.1 Å². The zero-order valence-electron chi connectivity index (χ0n) is 13.5. The van der Waals surface area contributed by atoms with Gasteiger partial charge in [0.25, 0.3) is 0 Å². The van der Waals surface area contributed by atoms with Gasteiger partial charge in [-0.25, -0.2) is 4.39 Å². The van der Waals surface area contributed by atoms with Gasteiger partial charge in [-0.2, -0.15) is 0 Å². The first-order valence-corrected chi connectivity index (χ1v) is 8.26. The largest absolute Gasteiger partial charge is 0.373 e. The van der Waals surface area contributed by atoms with Gasteiger partial charge >= 0.3 is 0 Å². The zero-order valence-corrected chi connectivity index (χ0v) is 13.5. The number of halogens is 1. The molecule has 1 aliphatic rings. The Kier molecular flexibility index (Phi) is 5.77. The predicted molar refractivity (Wildman–Crippen MR) is 85.0 cm³/mol. The summed E-state index contributed by atoms with van der Waals surface area (Å²) in [7, 11) is 0. The van der Waals surface area contributed by atoms with Crippen LogP contribution in [0.1, 0.15) is 63.1 Å². The summed E-state index contributed by atoms with van der Waals surface area (Å²) < 4.78 is 20.0. The molecule has 0 spiro atoms. The van der Waals surface area contributed by atoms with Crippen LogP contribution in [0.15, 0.2) is 18.2 Å². The average molecular weight is 293 g/mol. The normalized spacial score (nSPS) is 18.9. The molecule has 1 aromatic carbocycles. The second-order valence-electron chi connectivity index (χ2n) is 6.09. The number of benzene rings is 1. The van der Waals surface area contributed by atoms with Gasteiger partial charge in [0.05, 0.1) is 11.6 Å². The Labute approximate surface area is 128 Å². The fraction of sp³-hybridized carbons (Fsp3) is 0.667. The highest BCUT2D eigenvalue weighted by Crippen LogP contribution is 2.43. The Balaban J connectivity index is 2.38. The van der Waals surface area contributed by atoms with Crippen LogP contribution < -0.4 is 5.32 Å². The van der Waals surface area contributed by atoms with Crippen molar-refractivity contribution < 1.29 is 9.13 Å². The smallest absolute Gasteiger partial charge is 0.123 e. The van der Waals surface area contributed by atoms with Crippen molar-refractivity contribution in [1.29, 1.82) is 0 Å². The molecule has 0 saturated heterocycles. The minimum atomic E-state index is -0.178. The Morgan fingerprint density at radius 2 is 2.00 bits per heavy atom. The minimum Gasteiger partial charge on any atom is -0.373 e. The van der Waals surface area contributed by atoms with Gasteiger partial charge in [0.15, 0.2) is 0 Å².